The topological polar surface area (TPSA) is 122 Å². The number of anilines is 1. The third-order valence-corrected chi connectivity index (χ3v) is 3.20. The van der Waals surface area contributed by atoms with Gasteiger partial charge in [0.05, 0.1) is 5.69 Å². The Morgan fingerprint density at radius 3 is 2.54 bits per heavy atom. The molecule has 1 rings (SSSR count). The van der Waals surface area contributed by atoms with Crippen molar-refractivity contribution in [3.63, 3.8) is 0 Å². The van der Waals surface area contributed by atoms with Gasteiger partial charge in [0, 0.05) is 6.20 Å². The molecule has 0 heterocycles. The fourth-order valence-electron chi connectivity index (χ4n) is 1.99. The third-order valence-electron chi connectivity index (χ3n) is 3.20. The van der Waals surface area contributed by atoms with Crippen LogP contribution in [0.15, 0.2) is 30.0 Å². The molecular formula is C17H21N3O4. The van der Waals surface area contributed by atoms with Crippen molar-refractivity contribution in [2.75, 3.05) is 5.32 Å². The van der Waals surface area contributed by atoms with Gasteiger partial charge >= 0.3 is 5.97 Å². The van der Waals surface area contributed by atoms with Gasteiger partial charge in [-0.05, 0) is 37.0 Å². The van der Waals surface area contributed by atoms with Crippen LogP contribution in [0.5, 0.6) is 5.75 Å². The Morgan fingerprint density at radius 1 is 1.38 bits per heavy atom. The number of nitrogens with one attached hydrogen (secondary N) is 2. The number of carbonyl (C=O) groups is 2. The first kappa shape index (κ1) is 19.0. The summed E-state index contributed by atoms with van der Waals surface area (Å²) in [6.45, 7) is 5.49. The van der Waals surface area contributed by atoms with Crippen molar-refractivity contribution >= 4 is 17.6 Å². The summed E-state index contributed by atoms with van der Waals surface area (Å²) < 4.78 is 0. The number of carboxylic acids is 1. The third kappa shape index (κ3) is 5.65. The summed E-state index contributed by atoms with van der Waals surface area (Å²) in [6.07, 6.45) is 1.39. The van der Waals surface area contributed by atoms with Crippen molar-refractivity contribution in [2.24, 2.45) is 5.92 Å². The average Bonchev–Trinajstić information content (AvgIpc) is 2.48. The zero-order valence-electron chi connectivity index (χ0n) is 13.8. The molecule has 1 aromatic rings. The molecule has 0 saturated heterocycles. The highest BCUT2D eigenvalue weighted by atomic mass is 16.4. The number of phenolic OH excluding ortho intramolecular Hbond substituents is 1. The SMILES string of the molecule is Cc1ccc(N/C=C(/C#N)C(=O)NC(CC(C)C)C(=O)O)c(O)c1. The molecule has 128 valence electrons. The smallest absolute Gasteiger partial charge is 0.326 e. The van der Waals surface area contributed by atoms with Crippen LogP contribution in [0, 0.1) is 24.2 Å². The number of rotatable bonds is 7. The average molecular weight is 331 g/mol. The van der Waals surface area contributed by atoms with Crippen LogP contribution in [0.2, 0.25) is 0 Å². The first-order chi connectivity index (χ1) is 11.2. The van der Waals surface area contributed by atoms with E-state index in [0.717, 1.165) is 11.8 Å². The van der Waals surface area contributed by atoms with Gasteiger partial charge in [-0.3, -0.25) is 4.79 Å². The molecule has 0 bridgehead atoms. The molecule has 1 amide bonds. The molecule has 7 nitrogen and oxygen atoms in total. The molecule has 4 N–H and O–H groups in total. The van der Waals surface area contributed by atoms with Crippen LogP contribution in [0.25, 0.3) is 0 Å². The highest BCUT2D eigenvalue weighted by molar-refractivity contribution is 5.99. The van der Waals surface area contributed by atoms with Crippen LogP contribution in [0.1, 0.15) is 25.8 Å². The van der Waals surface area contributed by atoms with Gasteiger partial charge in [0.25, 0.3) is 5.91 Å². The lowest BCUT2D eigenvalue weighted by Crippen LogP contribution is -2.42. The van der Waals surface area contributed by atoms with Gasteiger partial charge in [0.2, 0.25) is 0 Å². The minimum Gasteiger partial charge on any atom is -0.506 e. The maximum absolute atomic E-state index is 12.1. The van der Waals surface area contributed by atoms with Crippen molar-refractivity contribution < 1.29 is 19.8 Å². The van der Waals surface area contributed by atoms with Gasteiger partial charge in [-0.25, -0.2) is 4.79 Å². The highest BCUT2D eigenvalue weighted by Gasteiger charge is 2.22. The summed E-state index contributed by atoms with van der Waals surface area (Å²) in [5, 5.41) is 33.0. The van der Waals surface area contributed by atoms with Gasteiger partial charge < -0.3 is 20.8 Å². The van der Waals surface area contributed by atoms with Gasteiger partial charge in [0.15, 0.2) is 0 Å². The van der Waals surface area contributed by atoms with E-state index in [4.69, 9.17) is 10.4 Å². The van der Waals surface area contributed by atoms with Crippen LogP contribution in [-0.2, 0) is 9.59 Å². The molecular weight excluding hydrogens is 310 g/mol. The summed E-state index contributed by atoms with van der Waals surface area (Å²) in [5.41, 5.74) is 0.904. The fraction of sp³-hybridized carbons (Fsp3) is 0.353. The summed E-state index contributed by atoms with van der Waals surface area (Å²) in [6, 6.07) is 5.54. The number of amides is 1. The van der Waals surface area contributed by atoms with Crippen molar-refractivity contribution in [3.05, 3.63) is 35.5 Å². The summed E-state index contributed by atoms with van der Waals surface area (Å²) >= 11 is 0. The van der Waals surface area contributed by atoms with E-state index in [1.165, 1.54) is 6.07 Å². The zero-order chi connectivity index (χ0) is 18.3. The molecule has 0 radical (unpaired) electrons. The van der Waals surface area contributed by atoms with Gasteiger partial charge in [0.1, 0.15) is 23.4 Å². The second kappa shape index (κ2) is 8.58. The van der Waals surface area contributed by atoms with Crippen molar-refractivity contribution in [3.8, 4) is 11.8 Å². The van der Waals surface area contributed by atoms with E-state index in [1.54, 1.807) is 18.2 Å². The summed E-state index contributed by atoms with van der Waals surface area (Å²) in [5.74, 6) is -1.89. The van der Waals surface area contributed by atoms with Crippen LogP contribution in [0.3, 0.4) is 0 Å². The molecule has 0 aliphatic rings. The summed E-state index contributed by atoms with van der Waals surface area (Å²) in [4.78, 5) is 23.2. The van der Waals surface area contributed by atoms with Gasteiger partial charge in [-0.2, -0.15) is 5.26 Å². The van der Waals surface area contributed by atoms with Crippen molar-refractivity contribution in [1.82, 2.24) is 5.32 Å². The molecule has 0 saturated carbocycles. The van der Waals surface area contributed by atoms with E-state index in [-0.39, 0.29) is 23.7 Å². The molecule has 0 aliphatic heterocycles. The molecule has 7 heteroatoms. The number of carbonyl (C=O) groups excluding carboxylic acids is 1. The number of benzene rings is 1. The van der Waals surface area contributed by atoms with Crippen LogP contribution in [0.4, 0.5) is 5.69 Å². The number of hydrogen-bond donors (Lipinski definition) is 4. The molecule has 1 unspecified atom stereocenters. The maximum atomic E-state index is 12.1. The molecule has 0 aromatic heterocycles. The maximum Gasteiger partial charge on any atom is 0.326 e. The Kier molecular flexibility index (Phi) is 6.80. The number of phenols is 1. The quantitative estimate of drug-likeness (QED) is 0.345. The molecule has 0 aliphatic carbocycles. The molecule has 1 aromatic carbocycles. The minimum absolute atomic E-state index is 0.0211. The van der Waals surface area contributed by atoms with Crippen molar-refractivity contribution in [2.45, 2.75) is 33.2 Å². The van der Waals surface area contributed by atoms with Crippen LogP contribution in [-0.4, -0.2) is 28.1 Å². The number of carboxylic acid groups (broad SMARTS) is 1. The molecule has 1 atom stereocenters. The Labute approximate surface area is 140 Å². The van der Waals surface area contributed by atoms with Crippen molar-refractivity contribution in [1.29, 1.82) is 5.26 Å². The first-order valence-corrected chi connectivity index (χ1v) is 7.44. The highest BCUT2D eigenvalue weighted by Crippen LogP contribution is 2.24. The molecule has 0 spiro atoms. The van der Waals surface area contributed by atoms with E-state index < -0.39 is 17.9 Å². The van der Waals surface area contributed by atoms with Gasteiger partial charge in [-0.15, -0.1) is 0 Å². The fourth-order valence-corrected chi connectivity index (χ4v) is 1.99. The Balaban J connectivity index is 2.85. The number of aryl methyl sites for hydroxylation is 1. The second-order valence-corrected chi connectivity index (χ2v) is 5.83. The zero-order valence-corrected chi connectivity index (χ0v) is 13.8. The predicted molar refractivity (Wildman–Crippen MR) is 89.2 cm³/mol. The number of nitrogens with zero attached hydrogens (tertiary/aromatic N) is 1. The second-order valence-electron chi connectivity index (χ2n) is 5.83. The number of hydrogen-bond acceptors (Lipinski definition) is 5. The Bertz CT molecular complexity index is 690. The minimum atomic E-state index is -1.15. The largest absolute Gasteiger partial charge is 0.506 e. The Hall–Kier alpha value is -3.01. The van der Waals surface area contributed by atoms with E-state index >= 15 is 0 Å². The number of aliphatic carboxylic acids is 1. The molecule has 0 fully saturated rings. The molecule has 24 heavy (non-hydrogen) atoms. The Morgan fingerprint density at radius 2 is 2.04 bits per heavy atom. The lowest BCUT2D eigenvalue weighted by molar-refractivity contribution is -0.141. The normalized spacial score (nSPS) is 12.4. The van der Waals surface area contributed by atoms with Crippen LogP contribution < -0.4 is 10.6 Å². The van der Waals surface area contributed by atoms with E-state index in [1.807, 2.05) is 20.8 Å². The van der Waals surface area contributed by atoms with E-state index in [9.17, 15) is 14.7 Å². The predicted octanol–water partition coefficient (Wildman–Crippen LogP) is 2.14. The number of nitriles is 1. The van der Waals surface area contributed by atoms with E-state index in [0.29, 0.717) is 5.69 Å². The standard InChI is InChI=1S/C17H21N3O4/c1-10(2)6-14(17(23)24)20-16(22)12(8-18)9-19-13-5-4-11(3)7-15(13)21/h4-5,7,9-10,14,19,21H,6H2,1-3H3,(H,20,22)(H,23,24)/b12-9-. The van der Waals surface area contributed by atoms with Gasteiger partial charge in [-0.1, -0.05) is 19.9 Å². The van der Waals surface area contributed by atoms with Crippen LogP contribution >= 0.6 is 0 Å². The number of aromatic hydroxyl groups is 1. The lowest BCUT2D eigenvalue weighted by atomic mass is 10.0. The lowest BCUT2D eigenvalue weighted by Gasteiger charge is -2.16. The van der Waals surface area contributed by atoms with E-state index in [2.05, 4.69) is 10.6 Å². The summed E-state index contributed by atoms with van der Waals surface area (Å²) in [7, 11) is 0. The first-order valence-electron chi connectivity index (χ1n) is 7.44. The monoisotopic (exact) mass is 331 g/mol.